The van der Waals surface area contributed by atoms with Gasteiger partial charge in [0, 0.05) is 24.3 Å². The Hall–Kier alpha value is -0.360. The Morgan fingerprint density at radius 2 is 2.00 bits per heavy atom. The molecule has 22 heavy (non-hydrogen) atoms. The molecule has 1 aromatic rings. The van der Waals surface area contributed by atoms with Crippen LogP contribution in [0.5, 0.6) is 0 Å². The summed E-state index contributed by atoms with van der Waals surface area (Å²) in [5, 5.41) is 6.23. The number of carbonyl (C=O) groups excluding carboxylic acids is 1. The molecule has 0 atom stereocenters. The average Bonchev–Trinajstić information content (AvgIpc) is 2.88. The van der Waals surface area contributed by atoms with E-state index in [1.807, 2.05) is 0 Å². The normalized spacial score (nSPS) is 16.5. The van der Waals surface area contributed by atoms with Gasteiger partial charge in [-0.15, -0.1) is 36.2 Å². The van der Waals surface area contributed by atoms with Crippen LogP contribution in [-0.2, 0) is 11.2 Å². The molecule has 0 radical (unpaired) electrons. The van der Waals surface area contributed by atoms with Gasteiger partial charge in [0.05, 0.1) is 16.2 Å². The number of amides is 1. The van der Waals surface area contributed by atoms with Crippen LogP contribution in [0.25, 0.3) is 0 Å². The number of hydrogen-bond donors (Lipinski definition) is 2. The minimum absolute atomic E-state index is 0. The van der Waals surface area contributed by atoms with Crippen LogP contribution >= 0.6 is 36.2 Å². The highest BCUT2D eigenvalue weighted by Gasteiger charge is 2.34. The standard InChI is InChI=1S/C15H25N3OS.2ClH/c1-11(2)13-18-12(10-20-13)6-9-17-14(19)15(16)7-4-3-5-8-15;;/h10-11H,3-9,16H2,1-2H3,(H,17,19);2*1H. The van der Waals surface area contributed by atoms with Crippen LogP contribution in [0.1, 0.15) is 62.6 Å². The second kappa shape index (κ2) is 9.71. The average molecular weight is 368 g/mol. The van der Waals surface area contributed by atoms with E-state index in [1.54, 1.807) is 11.3 Å². The third kappa shape index (κ3) is 5.69. The van der Waals surface area contributed by atoms with Crippen molar-refractivity contribution < 1.29 is 4.79 Å². The van der Waals surface area contributed by atoms with Crippen molar-refractivity contribution in [1.82, 2.24) is 10.3 Å². The summed E-state index contributed by atoms with van der Waals surface area (Å²) in [4.78, 5) is 16.7. The van der Waals surface area contributed by atoms with Crippen molar-refractivity contribution in [2.75, 3.05) is 6.54 Å². The summed E-state index contributed by atoms with van der Waals surface area (Å²) in [5.74, 6) is 0.481. The quantitative estimate of drug-likeness (QED) is 0.837. The molecule has 0 aromatic carbocycles. The van der Waals surface area contributed by atoms with E-state index in [9.17, 15) is 4.79 Å². The van der Waals surface area contributed by atoms with E-state index < -0.39 is 5.54 Å². The van der Waals surface area contributed by atoms with Crippen molar-refractivity contribution in [1.29, 1.82) is 0 Å². The Morgan fingerprint density at radius 1 is 1.36 bits per heavy atom. The van der Waals surface area contributed by atoms with Crippen molar-refractivity contribution in [3.05, 3.63) is 16.1 Å². The summed E-state index contributed by atoms with van der Waals surface area (Å²) in [6.07, 6.45) is 5.73. The van der Waals surface area contributed by atoms with E-state index in [0.29, 0.717) is 12.5 Å². The van der Waals surface area contributed by atoms with E-state index in [1.165, 1.54) is 6.42 Å². The Morgan fingerprint density at radius 3 is 2.55 bits per heavy atom. The van der Waals surface area contributed by atoms with Crippen molar-refractivity contribution in [2.24, 2.45) is 5.73 Å². The van der Waals surface area contributed by atoms with Gasteiger partial charge in [-0.25, -0.2) is 4.98 Å². The van der Waals surface area contributed by atoms with Gasteiger partial charge in [0.2, 0.25) is 5.91 Å². The minimum Gasteiger partial charge on any atom is -0.354 e. The molecule has 2 rings (SSSR count). The lowest BCUT2D eigenvalue weighted by atomic mass is 9.82. The second-order valence-corrected chi connectivity index (χ2v) is 6.94. The number of halogens is 2. The summed E-state index contributed by atoms with van der Waals surface area (Å²) in [6.45, 7) is 4.91. The first-order valence-corrected chi connectivity index (χ1v) is 8.41. The molecule has 0 unspecified atom stereocenters. The molecule has 3 N–H and O–H groups in total. The zero-order valence-corrected chi connectivity index (χ0v) is 15.7. The van der Waals surface area contributed by atoms with Gasteiger partial charge in [0.15, 0.2) is 0 Å². The Labute approximate surface area is 149 Å². The fourth-order valence-corrected chi connectivity index (χ4v) is 3.46. The van der Waals surface area contributed by atoms with Gasteiger partial charge in [-0.05, 0) is 12.8 Å². The number of nitrogens with one attached hydrogen (secondary N) is 1. The van der Waals surface area contributed by atoms with Crippen LogP contribution in [0.3, 0.4) is 0 Å². The number of thiazole rings is 1. The molecule has 1 heterocycles. The molecule has 1 aliphatic rings. The molecule has 0 aliphatic heterocycles. The molecular formula is C15H27Cl2N3OS. The number of rotatable bonds is 5. The van der Waals surface area contributed by atoms with Crippen molar-refractivity contribution >= 4 is 42.1 Å². The lowest BCUT2D eigenvalue weighted by Crippen LogP contribution is -2.55. The molecule has 1 aliphatic carbocycles. The summed E-state index contributed by atoms with van der Waals surface area (Å²) >= 11 is 1.70. The van der Waals surface area contributed by atoms with Crippen LogP contribution in [0.15, 0.2) is 5.38 Å². The van der Waals surface area contributed by atoms with Crippen molar-refractivity contribution in [3.8, 4) is 0 Å². The van der Waals surface area contributed by atoms with Crippen LogP contribution in [-0.4, -0.2) is 23.0 Å². The Bertz CT molecular complexity index is 459. The fraction of sp³-hybridized carbons (Fsp3) is 0.733. The first-order valence-electron chi connectivity index (χ1n) is 7.53. The largest absolute Gasteiger partial charge is 0.354 e. The molecule has 0 spiro atoms. The van der Waals surface area contributed by atoms with Crippen molar-refractivity contribution in [3.63, 3.8) is 0 Å². The van der Waals surface area contributed by atoms with Gasteiger partial charge >= 0.3 is 0 Å². The zero-order chi connectivity index (χ0) is 14.6. The molecule has 7 heteroatoms. The fourth-order valence-electron chi connectivity index (χ4n) is 2.59. The van der Waals surface area contributed by atoms with E-state index in [-0.39, 0.29) is 30.7 Å². The number of carbonyl (C=O) groups is 1. The number of hydrogen-bond acceptors (Lipinski definition) is 4. The molecule has 1 amide bonds. The lowest BCUT2D eigenvalue weighted by Gasteiger charge is -2.31. The van der Waals surface area contributed by atoms with Crippen LogP contribution in [0, 0.1) is 0 Å². The molecule has 128 valence electrons. The molecular weight excluding hydrogens is 341 g/mol. The third-order valence-corrected chi connectivity index (χ3v) is 5.12. The lowest BCUT2D eigenvalue weighted by molar-refractivity contribution is -0.127. The molecule has 0 saturated heterocycles. The topological polar surface area (TPSA) is 68.0 Å². The van der Waals surface area contributed by atoms with Crippen LogP contribution in [0.4, 0.5) is 0 Å². The van der Waals surface area contributed by atoms with E-state index in [4.69, 9.17) is 5.73 Å². The van der Waals surface area contributed by atoms with Gasteiger partial charge in [0.1, 0.15) is 0 Å². The Kier molecular flexibility index (Phi) is 9.55. The van der Waals surface area contributed by atoms with E-state index in [2.05, 4.69) is 29.5 Å². The van der Waals surface area contributed by atoms with Gasteiger partial charge in [-0.1, -0.05) is 33.1 Å². The predicted molar refractivity (Wildman–Crippen MR) is 97.4 cm³/mol. The van der Waals surface area contributed by atoms with Crippen LogP contribution < -0.4 is 11.1 Å². The minimum atomic E-state index is -0.635. The smallest absolute Gasteiger partial charge is 0.240 e. The number of nitrogens with two attached hydrogens (primary N) is 1. The van der Waals surface area contributed by atoms with E-state index in [0.717, 1.165) is 42.8 Å². The molecule has 1 fully saturated rings. The third-order valence-electron chi connectivity index (χ3n) is 3.93. The highest BCUT2D eigenvalue weighted by atomic mass is 35.5. The van der Waals surface area contributed by atoms with Gasteiger partial charge in [0.25, 0.3) is 0 Å². The van der Waals surface area contributed by atoms with Crippen molar-refractivity contribution in [2.45, 2.75) is 63.8 Å². The molecule has 1 saturated carbocycles. The highest BCUT2D eigenvalue weighted by molar-refractivity contribution is 7.09. The van der Waals surface area contributed by atoms with Crippen LogP contribution in [0.2, 0.25) is 0 Å². The number of aromatic nitrogens is 1. The summed E-state index contributed by atoms with van der Waals surface area (Å²) in [5.41, 5.74) is 6.63. The zero-order valence-electron chi connectivity index (χ0n) is 13.3. The summed E-state index contributed by atoms with van der Waals surface area (Å²) < 4.78 is 0. The van der Waals surface area contributed by atoms with Gasteiger partial charge in [-0.2, -0.15) is 0 Å². The maximum Gasteiger partial charge on any atom is 0.240 e. The maximum atomic E-state index is 12.2. The SMILES string of the molecule is CC(C)c1nc(CCNC(=O)C2(N)CCCCC2)cs1.Cl.Cl. The highest BCUT2D eigenvalue weighted by Crippen LogP contribution is 2.26. The first-order chi connectivity index (χ1) is 9.51. The summed E-state index contributed by atoms with van der Waals surface area (Å²) in [6, 6.07) is 0. The molecule has 0 bridgehead atoms. The second-order valence-electron chi connectivity index (χ2n) is 6.05. The summed E-state index contributed by atoms with van der Waals surface area (Å²) in [7, 11) is 0. The monoisotopic (exact) mass is 367 g/mol. The maximum absolute atomic E-state index is 12.2. The van der Waals surface area contributed by atoms with E-state index >= 15 is 0 Å². The molecule has 4 nitrogen and oxygen atoms in total. The number of nitrogens with zero attached hydrogens (tertiary/aromatic N) is 1. The first kappa shape index (κ1) is 21.6. The molecule has 1 aromatic heterocycles. The van der Waals surface area contributed by atoms with Gasteiger partial charge in [-0.3, -0.25) is 4.79 Å². The predicted octanol–water partition coefficient (Wildman–Crippen LogP) is 3.43. The van der Waals surface area contributed by atoms with Gasteiger partial charge < -0.3 is 11.1 Å². The Balaban J connectivity index is 0.00000220.